The lowest BCUT2D eigenvalue weighted by molar-refractivity contribution is -0.122. The third-order valence-electron chi connectivity index (χ3n) is 5.37. The second-order valence-corrected chi connectivity index (χ2v) is 7.15. The first-order valence-corrected chi connectivity index (χ1v) is 10.0. The van der Waals surface area contributed by atoms with E-state index in [1.165, 1.54) is 11.1 Å². The molecule has 0 spiro atoms. The monoisotopic (exact) mass is 380 g/mol. The lowest BCUT2D eigenvalue weighted by Crippen LogP contribution is -2.28. The van der Waals surface area contributed by atoms with Crippen LogP contribution in [0.2, 0.25) is 0 Å². The second kappa shape index (κ2) is 8.70. The van der Waals surface area contributed by atoms with Crippen LogP contribution >= 0.6 is 0 Å². The number of nitrogens with one attached hydrogen (secondary N) is 1. The number of amides is 1. The maximum absolute atomic E-state index is 12.8. The standard InChI is InChI=1S/C26H24N2O/c1-2-22(19-9-5-3-6-10-19)26(29)28-17-21-13-14-23(20-11-7-4-8-12-20)24-15-16-27-18-25(21)24/h3-16,18,22H,2,17H2,1H3,(H,28,29)/t22-/m0/s1. The van der Waals surface area contributed by atoms with Crippen LogP contribution in [0.5, 0.6) is 0 Å². The lowest BCUT2D eigenvalue weighted by atomic mass is 9.94. The summed E-state index contributed by atoms with van der Waals surface area (Å²) >= 11 is 0. The average Bonchev–Trinajstić information content (AvgIpc) is 2.79. The van der Waals surface area contributed by atoms with Crippen molar-refractivity contribution in [2.45, 2.75) is 25.8 Å². The molecule has 29 heavy (non-hydrogen) atoms. The summed E-state index contributed by atoms with van der Waals surface area (Å²) in [7, 11) is 0. The number of carbonyl (C=O) groups excluding carboxylic acids is 1. The molecule has 0 saturated heterocycles. The summed E-state index contributed by atoms with van der Waals surface area (Å²) in [6, 6.07) is 26.6. The first-order chi connectivity index (χ1) is 14.3. The van der Waals surface area contributed by atoms with Crippen LogP contribution in [0.1, 0.15) is 30.4 Å². The fourth-order valence-electron chi connectivity index (χ4n) is 3.84. The minimum absolute atomic E-state index is 0.0582. The Hall–Kier alpha value is -3.46. The zero-order valence-corrected chi connectivity index (χ0v) is 16.5. The second-order valence-electron chi connectivity index (χ2n) is 7.15. The summed E-state index contributed by atoms with van der Waals surface area (Å²) in [5.74, 6) is -0.0768. The molecule has 4 rings (SSSR count). The SMILES string of the molecule is CC[C@H](C(=O)NCc1ccc(-c2ccccc2)c2ccncc12)c1ccccc1. The third-order valence-corrected chi connectivity index (χ3v) is 5.37. The fraction of sp³-hybridized carbons (Fsp3) is 0.154. The minimum atomic E-state index is -0.135. The molecule has 0 bridgehead atoms. The van der Waals surface area contributed by atoms with Gasteiger partial charge < -0.3 is 5.32 Å². The van der Waals surface area contributed by atoms with Crippen molar-refractivity contribution < 1.29 is 4.79 Å². The molecular weight excluding hydrogens is 356 g/mol. The Balaban J connectivity index is 1.60. The fourth-order valence-corrected chi connectivity index (χ4v) is 3.84. The van der Waals surface area contributed by atoms with Crippen molar-refractivity contribution in [3.8, 4) is 11.1 Å². The molecule has 1 N–H and O–H groups in total. The molecule has 1 amide bonds. The molecule has 1 heterocycles. The molecule has 1 aromatic heterocycles. The Kier molecular flexibility index (Phi) is 5.66. The van der Waals surface area contributed by atoms with E-state index in [1.807, 2.05) is 73.9 Å². The summed E-state index contributed by atoms with van der Waals surface area (Å²) in [5.41, 5.74) is 4.48. The van der Waals surface area contributed by atoms with Gasteiger partial charge in [-0.05, 0) is 40.1 Å². The van der Waals surface area contributed by atoms with Gasteiger partial charge in [-0.1, -0.05) is 79.7 Å². The smallest absolute Gasteiger partial charge is 0.227 e. The Morgan fingerprint density at radius 1 is 0.897 bits per heavy atom. The minimum Gasteiger partial charge on any atom is -0.351 e. The highest BCUT2D eigenvalue weighted by Gasteiger charge is 2.18. The molecule has 4 aromatic rings. The molecule has 0 aliphatic rings. The predicted molar refractivity (Wildman–Crippen MR) is 118 cm³/mol. The number of nitrogens with zero attached hydrogens (tertiary/aromatic N) is 1. The van der Waals surface area contributed by atoms with E-state index in [4.69, 9.17) is 0 Å². The van der Waals surface area contributed by atoms with Gasteiger partial charge in [0.25, 0.3) is 0 Å². The van der Waals surface area contributed by atoms with Crippen LogP contribution < -0.4 is 5.32 Å². The van der Waals surface area contributed by atoms with Crippen LogP contribution in [0.3, 0.4) is 0 Å². The Bertz CT molecular complexity index is 1110. The predicted octanol–water partition coefficient (Wildman–Crippen LogP) is 5.71. The van der Waals surface area contributed by atoms with E-state index in [0.29, 0.717) is 6.54 Å². The summed E-state index contributed by atoms with van der Waals surface area (Å²) in [5, 5.41) is 5.35. The average molecular weight is 380 g/mol. The topological polar surface area (TPSA) is 42.0 Å². The van der Waals surface area contributed by atoms with Crippen molar-refractivity contribution in [2.75, 3.05) is 0 Å². The molecule has 3 aromatic carbocycles. The van der Waals surface area contributed by atoms with Crippen molar-refractivity contribution in [1.82, 2.24) is 10.3 Å². The molecule has 0 fully saturated rings. The number of hydrogen-bond acceptors (Lipinski definition) is 2. The highest BCUT2D eigenvalue weighted by Crippen LogP contribution is 2.30. The maximum Gasteiger partial charge on any atom is 0.227 e. The van der Waals surface area contributed by atoms with Crippen LogP contribution in [-0.2, 0) is 11.3 Å². The highest BCUT2D eigenvalue weighted by molar-refractivity contribution is 5.98. The maximum atomic E-state index is 12.8. The van der Waals surface area contributed by atoms with Gasteiger partial charge in [0.1, 0.15) is 0 Å². The van der Waals surface area contributed by atoms with Gasteiger partial charge in [0.05, 0.1) is 5.92 Å². The van der Waals surface area contributed by atoms with Gasteiger partial charge in [0.15, 0.2) is 0 Å². The van der Waals surface area contributed by atoms with E-state index >= 15 is 0 Å². The Morgan fingerprint density at radius 2 is 1.62 bits per heavy atom. The van der Waals surface area contributed by atoms with Gasteiger partial charge in [0, 0.05) is 24.3 Å². The number of carbonyl (C=O) groups is 1. The molecule has 1 atom stereocenters. The molecule has 0 aliphatic carbocycles. The molecular formula is C26H24N2O. The first kappa shape index (κ1) is 18.9. The van der Waals surface area contributed by atoms with Gasteiger partial charge in [-0.15, -0.1) is 0 Å². The zero-order chi connectivity index (χ0) is 20.1. The van der Waals surface area contributed by atoms with Gasteiger partial charge >= 0.3 is 0 Å². The van der Waals surface area contributed by atoms with Crippen molar-refractivity contribution >= 4 is 16.7 Å². The molecule has 0 radical (unpaired) electrons. The Labute approximate surface area is 171 Å². The van der Waals surface area contributed by atoms with Gasteiger partial charge in [0.2, 0.25) is 5.91 Å². The van der Waals surface area contributed by atoms with Crippen LogP contribution in [0, 0.1) is 0 Å². The van der Waals surface area contributed by atoms with E-state index in [9.17, 15) is 4.79 Å². The van der Waals surface area contributed by atoms with Crippen molar-refractivity contribution in [3.05, 3.63) is 102 Å². The molecule has 0 saturated carbocycles. The van der Waals surface area contributed by atoms with Crippen molar-refractivity contribution in [1.29, 1.82) is 0 Å². The summed E-state index contributed by atoms with van der Waals surface area (Å²) in [4.78, 5) is 17.2. The number of aromatic nitrogens is 1. The van der Waals surface area contributed by atoms with Crippen LogP contribution in [0.15, 0.2) is 91.3 Å². The molecule has 144 valence electrons. The van der Waals surface area contributed by atoms with Crippen LogP contribution in [0.25, 0.3) is 21.9 Å². The number of pyridine rings is 1. The van der Waals surface area contributed by atoms with Gasteiger partial charge in [-0.3, -0.25) is 9.78 Å². The molecule has 3 nitrogen and oxygen atoms in total. The van der Waals surface area contributed by atoms with Crippen molar-refractivity contribution in [3.63, 3.8) is 0 Å². The van der Waals surface area contributed by atoms with Crippen molar-refractivity contribution in [2.24, 2.45) is 0 Å². The first-order valence-electron chi connectivity index (χ1n) is 10.0. The molecule has 3 heteroatoms. The zero-order valence-electron chi connectivity index (χ0n) is 16.5. The molecule has 0 unspecified atom stereocenters. The van der Waals surface area contributed by atoms with Crippen LogP contribution in [0.4, 0.5) is 0 Å². The third kappa shape index (κ3) is 4.04. The number of fused-ring (bicyclic) bond motifs is 1. The number of hydrogen-bond donors (Lipinski definition) is 1. The quantitative estimate of drug-likeness (QED) is 0.465. The lowest BCUT2D eigenvalue weighted by Gasteiger charge is -2.17. The summed E-state index contributed by atoms with van der Waals surface area (Å²) in [6.45, 7) is 2.53. The number of rotatable bonds is 6. The van der Waals surface area contributed by atoms with Gasteiger partial charge in [-0.2, -0.15) is 0 Å². The normalized spacial score (nSPS) is 11.9. The van der Waals surface area contributed by atoms with E-state index in [2.05, 4.69) is 34.6 Å². The van der Waals surface area contributed by atoms with E-state index < -0.39 is 0 Å². The van der Waals surface area contributed by atoms with E-state index in [0.717, 1.165) is 28.3 Å². The Morgan fingerprint density at radius 3 is 2.34 bits per heavy atom. The highest BCUT2D eigenvalue weighted by atomic mass is 16.1. The molecule has 0 aliphatic heterocycles. The largest absolute Gasteiger partial charge is 0.351 e. The van der Waals surface area contributed by atoms with E-state index in [1.54, 1.807) is 0 Å². The summed E-state index contributed by atoms with van der Waals surface area (Å²) in [6.07, 6.45) is 4.47. The van der Waals surface area contributed by atoms with Gasteiger partial charge in [-0.25, -0.2) is 0 Å². The summed E-state index contributed by atoms with van der Waals surface area (Å²) < 4.78 is 0. The van der Waals surface area contributed by atoms with Crippen LogP contribution in [-0.4, -0.2) is 10.9 Å². The number of benzene rings is 3. The van der Waals surface area contributed by atoms with E-state index in [-0.39, 0.29) is 11.8 Å².